The Balaban J connectivity index is 1.87. The molecule has 1 N–H and O–H groups in total. The molecule has 4 heteroatoms. The zero-order valence-corrected chi connectivity index (χ0v) is 11.6. The van der Waals surface area contributed by atoms with Crippen LogP contribution in [-0.4, -0.2) is 6.04 Å². The molecular formula is C16H14ClF2N. The average Bonchev–Trinajstić information content (AvgIpc) is 3.24. The molecule has 2 aromatic rings. The smallest absolute Gasteiger partial charge is 0.166 e. The fourth-order valence-corrected chi connectivity index (χ4v) is 2.45. The van der Waals surface area contributed by atoms with Crippen LogP contribution in [-0.2, 0) is 6.54 Å². The van der Waals surface area contributed by atoms with Crippen molar-refractivity contribution in [1.29, 1.82) is 0 Å². The molecule has 0 aromatic heterocycles. The summed E-state index contributed by atoms with van der Waals surface area (Å²) in [7, 11) is 0. The van der Waals surface area contributed by atoms with Gasteiger partial charge in [-0.25, -0.2) is 8.78 Å². The van der Waals surface area contributed by atoms with Crippen LogP contribution in [0.1, 0.15) is 18.4 Å². The van der Waals surface area contributed by atoms with E-state index in [2.05, 4.69) is 5.32 Å². The summed E-state index contributed by atoms with van der Waals surface area (Å²) in [5.41, 5.74) is 1.75. The molecule has 1 nitrogen and oxygen atoms in total. The zero-order chi connectivity index (χ0) is 14.1. The van der Waals surface area contributed by atoms with Gasteiger partial charge in [-0.2, -0.15) is 0 Å². The van der Waals surface area contributed by atoms with Crippen LogP contribution >= 0.6 is 11.6 Å². The van der Waals surface area contributed by atoms with E-state index in [4.69, 9.17) is 11.6 Å². The van der Waals surface area contributed by atoms with E-state index in [9.17, 15) is 8.78 Å². The Hall–Kier alpha value is -1.45. The Morgan fingerprint density at radius 1 is 1.10 bits per heavy atom. The summed E-state index contributed by atoms with van der Waals surface area (Å²) in [5.74, 6) is -1.73. The highest BCUT2D eigenvalue weighted by atomic mass is 35.5. The lowest BCUT2D eigenvalue weighted by Crippen LogP contribution is -2.15. The van der Waals surface area contributed by atoms with Gasteiger partial charge in [0.1, 0.15) is 0 Å². The van der Waals surface area contributed by atoms with Gasteiger partial charge in [0.2, 0.25) is 0 Å². The molecule has 0 spiro atoms. The molecule has 1 fully saturated rings. The van der Waals surface area contributed by atoms with E-state index in [-0.39, 0.29) is 5.56 Å². The molecule has 0 amide bonds. The predicted octanol–water partition coefficient (Wildman–Crippen LogP) is 4.54. The Bertz CT molecular complexity index is 638. The summed E-state index contributed by atoms with van der Waals surface area (Å²) in [6, 6.07) is 10.2. The number of benzene rings is 2. The normalized spacial score (nSPS) is 14.6. The Kier molecular flexibility index (Phi) is 3.72. The monoisotopic (exact) mass is 293 g/mol. The van der Waals surface area contributed by atoms with E-state index < -0.39 is 11.6 Å². The van der Waals surface area contributed by atoms with Gasteiger partial charge in [-0.15, -0.1) is 0 Å². The van der Waals surface area contributed by atoms with Crippen molar-refractivity contribution in [2.45, 2.75) is 25.4 Å². The topological polar surface area (TPSA) is 12.0 Å². The van der Waals surface area contributed by atoms with Crippen molar-refractivity contribution >= 4 is 11.6 Å². The van der Waals surface area contributed by atoms with E-state index in [0.29, 0.717) is 16.6 Å². The van der Waals surface area contributed by atoms with Gasteiger partial charge >= 0.3 is 0 Å². The highest BCUT2D eigenvalue weighted by Gasteiger charge is 2.20. The van der Waals surface area contributed by atoms with Crippen molar-refractivity contribution < 1.29 is 8.78 Å². The van der Waals surface area contributed by atoms with Crippen LogP contribution in [0.5, 0.6) is 0 Å². The lowest BCUT2D eigenvalue weighted by molar-refractivity contribution is 0.511. The van der Waals surface area contributed by atoms with Gasteiger partial charge in [-0.1, -0.05) is 35.9 Å². The lowest BCUT2D eigenvalue weighted by Gasteiger charge is -2.09. The van der Waals surface area contributed by atoms with Crippen LogP contribution in [0.4, 0.5) is 8.78 Å². The van der Waals surface area contributed by atoms with Crippen LogP contribution in [0, 0.1) is 11.6 Å². The van der Waals surface area contributed by atoms with Gasteiger partial charge in [0, 0.05) is 28.7 Å². The fourth-order valence-electron chi connectivity index (χ4n) is 2.15. The molecule has 1 aliphatic rings. The minimum absolute atomic E-state index is 0.191. The minimum Gasteiger partial charge on any atom is -0.310 e. The van der Waals surface area contributed by atoms with Crippen molar-refractivity contribution in [1.82, 2.24) is 5.32 Å². The summed E-state index contributed by atoms with van der Waals surface area (Å²) in [6.45, 7) is 0.746. The molecule has 0 heterocycles. The molecule has 0 bridgehead atoms. The average molecular weight is 294 g/mol. The molecule has 104 valence electrons. The number of hydrogen-bond donors (Lipinski definition) is 1. The summed E-state index contributed by atoms with van der Waals surface area (Å²) in [5, 5.41) is 3.82. The summed E-state index contributed by atoms with van der Waals surface area (Å²) in [6.07, 6.45) is 2.45. The first-order valence-electron chi connectivity index (χ1n) is 6.61. The van der Waals surface area contributed by atoms with Crippen molar-refractivity contribution in [3.8, 4) is 11.1 Å². The third kappa shape index (κ3) is 2.84. The second-order valence-electron chi connectivity index (χ2n) is 5.07. The highest BCUT2D eigenvalue weighted by molar-refractivity contribution is 6.33. The molecule has 1 saturated carbocycles. The molecular weight excluding hydrogens is 280 g/mol. The number of hydrogen-bond acceptors (Lipinski definition) is 1. The predicted molar refractivity (Wildman–Crippen MR) is 76.7 cm³/mol. The fraction of sp³-hybridized carbons (Fsp3) is 0.250. The summed E-state index contributed by atoms with van der Waals surface area (Å²) < 4.78 is 27.0. The summed E-state index contributed by atoms with van der Waals surface area (Å²) in [4.78, 5) is 0. The zero-order valence-electron chi connectivity index (χ0n) is 10.8. The van der Waals surface area contributed by atoms with Crippen molar-refractivity contribution in [3.63, 3.8) is 0 Å². The molecule has 3 rings (SSSR count). The molecule has 0 radical (unpaired) electrons. The van der Waals surface area contributed by atoms with Gasteiger partial charge in [0.25, 0.3) is 0 Å². The van der Waals surface area contributed by atoms with Gasteiger partial charge in [0.05, 0.1) is 0 Å². The molecule has 1 aliphatic carbocycles. The van der Waals surface area contributed by atoms with E-state index in [0.717, 1.165) is 18.2 Å². The SMILES string of the molecule is Fc1cccc(-c2ccc(CNC3CC3)cc2Cl)c1F. The molecule has 2 aromatic carbocycles. The van der Waals surface area contributed by atoms with E-state index in [1.807, 2.05) is 6.07 Å². The van der Waals surface area contributed by atoms with Gasteiger partial charge in [-0.05, 0) is 30.5 Å². The Morgan fingerprint density at radius 2 is 1.90 bits per heavy atom. The Morgan fingerprint density at radius 3 is 2.60 bits per heavy atom. The third-order valence-electron chi connectivity index (χ3n) is 3.45. The largest absolute Gasteiger partial charge is 0.310 e. The molecule has 20 heavy (non-hydrogen) atoms. The standard InChI is InChI=1S/C16H14ClF2N/c17-14-8-10(9-20-11-5-6-11)4-7-12(14)13-2-1-3-15(18)16(13)19/h1-4,7-8,11,20H,5-6,9H2. The van der Waals surface area contributed by atoms with E-state index in [1.54, 1.807) is 12.1 Å². The van der Waals surface area contributed by atoms with Crippen molar-refractivity contribution in [2.24, 2.45) is 0 Å². The van der Waals surface area contributed by atoms with Gasteiger partial charge in [0.15, 0.2) is 11.6 Å². The van der Waals surface area contributed by atoms with Gasteiger partial charge < -0.3 is 5.32 Å². The summed E-state index contributed by atoms with van der Waals surface area (Å²) >= 11 is 6.20. The van der Waals surface area contributed by atoms with Crippen LogP contribution < -0.4 is 5.32 Å². The maximum atomic E-state index is 13.8. The molecule has 0 saturated heterocycles. The van der Waals surface area contributed by atoms with Crippen molar-refractivity contribution in [3.05, 3.63) is 58.6 Å². The first-order chi connectivity index (χ1) is 9.65. The van der Waals surface area contributed by atoms with E-state index >= 15 is 0 Å². The second-order valence-corrected chi connectivity index (χ2v) is 5.48. The second kappa shape index (κ2) is 5.51. The maximum Gasteiger partial charge on any atom is 0.166 e. The first kappa shape index (κ1) is 13.5. The number of rotatable bonds is 4. The third-order valence-corrected chi connectivity index (χ3v) is 3.76. The minimum atomic E-state index is -0.863. The van der Waals surface area contributed by atoms with Gasteiger partial charge in [-0.3, -0.25) is 0 Å². The molecule has 0 unspecified atom stereocenters. The van der Waals surface area contributed by atoms with E-state index in [1.165, 1.54) is 25.0 Å². The van der Waals surface area contributed by atoms with Crippen LogP contribution in [0.15, 0.2) is 36.4 Å². The first-order valence-corrected chi connectivity index (χ1v) is 6.99. The molecule has 0 aliphatic heterocycles. The van der Waals surface area contributed by atoms with Crippen molar-refractivity contribution in [2.75, 3.05) is 0 Å². The molecule has 0 atom stereocenters. The Labute approximate surface area is 121 Å². The number of nitrogens with one attached hydrogen (secondary N) is 1. The quantitative estimate of drug-likeness (QED) is 0.873. The van der Waals surface area contributed by atoms with Crippen LogP contribution in [0.3, 0.4) is 0 Å². The van der Waals surface area contributed by atoms with Crippen LogP contribution in [0.25, 0.3) is 11.1 Å². The lowest BCUT2D eigenvalue weighted by atomic mass is 10.0. The highest BCUT2D eigenvalue weighted by Crippen LogP contribution is 2.31. The van der Waals surface area contributed by atoms with Crippen LogP contribution in [0.2, 0.25) is 5.02 Å². The maximum absolute atomic E-state index is 13.8. The number of halogens is 3.